The Bertz CT molecular complexity index is 1090. The van der Waals surface area contributed by atoms with Gasteiger partial charge in [0.25, 0.3) is 5.91 Å². The molecular weight excluding hydrogens is 371 g/mol. The van der Waals surface area contributed by atoms with Crippen LogP contribution >= 0.6 is 0 Å². The van der Waals surface area contributed by atoms with E-state index in [1.165, 1.54) is 4.90 Å². The molecule has 3 heterocycles. The fourth-order valence-electron chi connectivity index (χ4n) is 3.89. The SMILES string of the molecule is Cc1cc2c(NC3(C)CC3)nc(C(=O)N3CCC(F)(c4ccccc4)C3)nc2o1. The van der Waals surface area contributed by atoms with Crippen molar-refractivity contribution in [3.05, 3.63) is 53.5 Å². The first-order chi connectivity index (χ1) is 13.9. The number of nitrogens with zero attached hydrogens (tertiary/aromatic N) is 3. The van der Waals surface area contributed by atoms with Gasteiger partial charge >= 0.3 is 0 Å². The van der Waals surface area contributed by atoms with Gasteiger partial charge in [-0.15, -0.1) is 0 Å². The number of halogens is 1. The molecule has 1 amide bonds. The van der Waals surface area contributed by atoms with E-state index in [2.05, 4.69) is 22.2 Å². The lowest BCUT2D eigenvalue weighted by molar-refractivity contribution is 0.0739. The normalized spacial score (nSPS) is 22.8. The summed E-state index contributed by atoms with van der Waals surface area (Å²) in [6, 6.07) is 10.9. The number of furan rings is 1. The second-order valence-electron chi connectivity index (χ2n) is 8.47. The monoisotopic (exact) mass is 394 g/mol. The number of carbonyl (C=O) groups excluding carboxylic acids is 1. The fourth-order valence-corrected chi connectivity index (χ4v) is 3.89. The van der Waals surface area contributed by atoms with E-state index in [1.807, 2.05) is 31.2 Å². The Hall–Kier alpha value is -2.96. The van der Waals surface area contributed by atoms with E-state index in [4.69, 9.17) is 4.42 Å². The summed E-state index contributed by atoms with van der Waals surface area (Å²) in [6.07, 6.45) is 2.35. The number of hydrogen-bond donors (Lipinski definition) is 1. The molecule has 2 aliphatic rings. The number of amides is 1. The van der Waals surface area contributed by atoms with Gasteiger partial charge in [0.05, 0.1) is 11.9 Å². The van der Waals surface area contributed by atoms with Crippen LogP contribution in [0.4, 0.5) is 10.2 Å². The Labute approximate surface area is 168 Å². The molecule has 1 saturated heterocycles. The first-order valence-electron chi connectivity index (χ1n) is 9.95. The Kier molecular flexibility index (Phi) is 3.91. The molecule has 1 saturated carbocycles. The number of aryl methyl sites for hydroxylation is 1. The molecule has 3 aromatic rings. The lowest BCUT2D eigenvalue weighted by Gasteiger charge is -2.21. The zero-order valence-electron chi connectivity index (χ0n) is 16.5. The number of fused-ring (bicyclic) bond motifs is 1. The molecule has 150 valence electrons. The number of carbonyl (C=O) groups is 1. The first-order valence-corrected chi connectivity index (χ1v) is 9.95. The molecule has 7 heteroatoms. The number of anilines is 1. The largest absolute Gasteiger partial charge is 0.443 e. The highest BCUT2D eigenvalue weighted by molar-refractivity contribution is 5.95. The smallest absolute Gasteiger partial charge is 0.291 e. The van der Waals surface area contributed by atoms with Crippen LogP contribution in [0.1, 0.15) is 48.1 Å². The van der Waals surface area contributed by atoms with E-state index >= 15 is 4.39 Å². The van der Waals surface area contributed by atoms with Gasteiger partial charge in [0.2, 0.25) is 11.5 Å². The van der Waals surface area contributed by atoms with Gasteiger partial charge in [0.1, 0.15) is 11.6 Å². The fraction of sp³-hybridized carbons (Fsp3) is 0.409. The molecule has 5 rings (SSSR count). The maximum Gasteiger partial charge on any atom is 0.291 e. The molecule has 1 aliphatic carbocycles. The summed E-state index contributed by atoms with van der Waals surface area (Å²) in [6.45, 7) is 4.27. The summed E-state index contributed by atoms with van der Waals surface area (Å²) in [7, 11) is 0. The molecule has 0 bridgehead atoms. The number of nitrogens with one attached hydrogen (secondary N) is 1. The lowest BCUT2D eigenvalue weighted by Crippen LogP contribution is -2.33. The van der Waals surface area contributed by atoms with Crippen LogP contribution in [0.15, 0.2) is 40.8 Å². The van der Waals surface area contributed by atoms with Crippen LogP contribution in [-0.2, 0) is 5.67 Å². The molecular formula is C22H23FN4O2. The van der Waals surface area contributed by atoms with Gasteiger partial charge in [-0.25, -0.2) is 9.37 Å². The number of rotatable bonds is 4. The average molecular weight is 394 g/mol. The number of hydrogen-bond acceptors (Lipinski definition) is 5. The predicted octanol–water partition coefficient (Wildman–Crippen LogP) is 4.21. The zero-order valence-corrected chi connectivity index (χ0v) is 16.5. The van der Waals surface area contributed by atoms with Crippen LogP contribution < -0.4 is 5.32 Å². The van der Waals surface area contributed by atoms with Crippen molar-refractivity contribution < 1.29 is 13.6 Å². The van der Waals surface area contributed by atoms with Gasteiger partial charge in [-0.05, 0) is 38.3 Å². The standard InChI is InChI=1S/C22H23FN4O2/c1-14-12-16-17(26-21(2)8-9-21)24-18(25-19(16)29-14)20(28)27-11-10-22(23,13-27)15-6-4-3-5-7-15/h3-7,12H,8-11,13H2,1-2H3,(H,24,25,26). The summed E-state index contributed by atoms with van der Waals surface area (Å²) in [5, 5.41) is 4.18. The van der Waals surface area contributed by atoms with E-state index in [0.29, 0.717) is 29.4 Å². The Morgan fingerprint density at radius 1 is 1.21 bits per heavy atom. The third kappa shape index (κ3) is 3.24. The van der Waals surface area contributed by atoms with Crippen LogP contribution in [0, 0.1) is 6.92 Å². The molecule has 1 N–H and O–H groups in total. The van der Waals surface area contributed by atoms with Crippen molar-refractivity contribution in [3.63, 3.8) is 0 Å². The van der Waals surface area contributed by atoms with Crippen molar-refractivity contribution in [1.29, 1.82) is 0 Å². The number of aromatic nitrogens is 2. The maximum absolute atomic E-state index is 15.5. The molecule has 2 aromatic heterocycles. The van der Waals surface area contributed by atoms with Crippen LogP contribution in [0.5, 0.6) is 0 Å². The van der Waals surface area contributed by atoms with Crippen LogP contribution in [0.2, 0.25) is 0 Å². The molecule has 29 heavy (non-hydrogen) atoms. The summed E-state index contributed by atoms with van der Waals surface area (Å²) >= 11 is 0. The van der Waals surface area contributed by atoms with E-state index < -0.39 is 5.67 Å². The Balaban J connectivity index is 1.45. The van der Waals surface area contributed by atoms with Crippen molar-refractivity contribution in [2.24, 2.45) is 0 Å². The average Bonchev–Trinajstić information content (AvgIpc) is 3.11. The Morgan fingerprint density at radius 3 is 2.69 bits per heavy atom. The van der Waals surface area contributed by atoms with Crippen molar-refractivity contribution in [2.45, 2.75) is 44.3 Å². The van der Waals surface area contributed by atoms with Crippen molar-refractivity contribution in [2.75, 3.05) is 18.4 Å². The highest BCUT2D eigenvalue weighted by Gasteiger charge is 2.43. The molecule has 6 nitrogen and oxygen atoms in total. The van der Waals surface area contributed by atoms with Crippen LogP contribution in [-0.4, -0.2) is 39.4 Å². The number of benzene rings is 1. The molecule has 1 aromatic carbocycles. The Morgan fingerprint density at radius 2 is 1.97 bits per heavy atom. The minimum Gasteiger partial charge on any atom is -0.443 e. The number of alkyl halides is 1. The minimum atomic E-state index is -1.55. The van der Waals surface area contributed by atoms with Crippen molar-refractivity contribution in [3.8, 4) is 0 Å². The van der Waals surface area contributed by atoms with Gasteiger partial charge in [-0.1, -0.05) is 30.3 Å². The molecule has 2 fully saturated rings. The third-order valence-electron chi connectivity index (χ3n) is 5.93. The van der Waals surface area contributed by atoms with Gasteiger partial charge in [0, 0.05) is 18.5 Å². The zero-order chi connectivity index (χ0) is 20.2. The van der Waals surface area contributed by atoms with E-state index in [9.17, 15) is 4.79 Å². The van der Waals surface area contributed by atoms with E-state index in [1.54, 1.807) is 12.1 Å². The van der Waals surface area contributed by atoms with Gasteiger partial charge in [-0.2, -0.15) is 4.98 Å². The summed E-state index contributed by atoms with van der Waals surface area (Å²) in [4.78, 5) is 23.5. The predicted molar refractivity (Wildman–Crippen MR) is 108 cm³/mol. The van der Waals surface area contributed by atoms with Gasteiger partial charge in [-0.3, -0.25) is 4.79 Å². The van der Waals surface area contributed by atoms with Gasteiger partial charge in [0.15, 0.2) is 5.67 Å². The summed E-state index contributed by atoms with van der Waals surface area (Å²) < 4.78 is 21.1. The van der Waals surface area contributed by atoms with Crippen molar-refractivity contribution in [1.82, 2.24) is 14.9 Å². The molecule has 0 spiro atoms. The maximum atomic E-state index is 15.5. The molecule has 1 unspecified atom stereocenters. The van der Waals surface area contributed by atoms with Crippen LogP contribution in [0.3, 0.4) is 0 Å². The second kappa shape index (κ2) is 6.27. The second-order valence-corrected chi connectivity index (χ2v) is 8.47. The highest BCUT2D eigenvalue weighted by atomic mass is 19.1. The first kappa shape index (κ1) is 18.1. The molecule has 1 aliphatic heterocycles. The lowest BCUT2D eigenvalue weighted by atomic mass is 9.95. The topological polar surface area (TPSA) is 71.3 Å². The quantitative estimate of drug-likeness (QED) is 0.718. The summed E-state index contributed by atoms with van der Waals surface area (Å²) in [5.74, 6) is 0.969. The third-order valence-corrected chi connectivity index (χ3v) is 5.93. The molecule has 1 atom stereocenters. The number of likely N-dealkylation sites (tertiary alicyclic amines) is 1. The van der Waals surface area contributed by atoms with Gasteiger partial charge < -0.3 is 14.6 Å². The van der Waals surface area contributed by atoms with Crippen molar-refractivity contribution >= 4 is 22.8 Å². The molecule has 0 radical (unpaired) electrons. The minimum absolute atomic E-state index is 0.00506. The van der Waals surface area contributed by atoms with E-state index in [0.717, 1.165) is 18.2 Å². The van der Waals surface area contributed by atoms with Crippen LogP contribution in [0.25, 0.3) is 11.1 Å². The van der Waals surface area contributed by atoms with E-state index in [-0.39, 0.29) is 30.2 Å². The summed E-state index contributed by atoms with van der Waals surface area (Å²) in [5.41, 5.74) is -0.592. The highest BCUT2D eigenvalue weighted by Crippen LogP contribution is 2.40.